The van der Waals surface area contributed by atoms with Gasteiger partial charge in [-0.3, -0.25) is 0 Å². The van der Waals surface area contributed by atoms with Gasteiger partial charge in [-0.2, -0.15) is 0 Å². The van der Waals surface area contributed by atoms with Crippen LogP contribution in [-0.2, 0) is 0 Å². The van der Waals surface area contributed by atoms with Gasteiger partial charge in [0.15, 0.2) is 11.5 Å². The van der Waals surface area contributed by atoms with E-state index in [9.17, 15) is 0 Å². The highest BCUT2D eigenvalue weighted by molar-refractivity contribution is 5.78. The summed E-state index contributed by atoms with van der Waals surface area (Å²) in [7, 11) is 6.24. The quantitative estimate of drug-likeness (QED) is 0.542. The highest BCUT2D eigenvalue weighted by atomic mass is 16.5. The summed E-state index contributed by atoms with van der Waals surface area (Å²) in [4.78, 5) is 0. The average Bonchev–Trinajstić information content (AvgIpc) is 3.25. The smallest absolute Gasteiger partial charge is 0.207 e. The van der Waals surface area contributed by atoms with E-state index < -0.39 is 0 Å². The van der Waals surface area contributed by atoms with Gasteiger partial charge in [-0.05, 0) is 36.8 Å². The fourth-order valence-electron chi connectivity index (χ4n) is 3.04. The Morgan fingerprint density at radius 1 is 0.862 bits per heavy atom. The minimum absolute atomic E-state index is 0.431. The molecular formula is C21H25N3O5. The fourth-order valence-corrected chi connectivity index (χ4v) is 3.04. The van der Waals surface area contributed by atoms with Crippen LogP contribution in [0.5, 0.6) is 28.7 Å². The first kappa shape index (κ1) is 20.3. The molecule has 0 saturated carbocycles. The minimum Gasteiger partial charge on any atom is -0.494 e. The molecule has 1 heterocycles. The zero-order valence-corrected chi connectivity index (χ0v) is 17.3. The summed E-state index contributed by atoms with van der Waals surface area (Å²) in [5.74, 6) is 2.70. The van der Waals surface area contributed by atoms with Gasteiger partial charge in [-0.1, -0.05) is 12.1 Å². The van der Waals surface area contributed by atoms with E-state index in [1.165, 1.54) is 0 Å². The van der Waals surface area contributed by atoms with Crippen LogP contribution in [0.15, 0.2) is 36.5 Å². The molecule has 0 bridgehead atoms. The number of hydrogen-bond acceptors (Lipinski definition) is 7. The maximum atomic E-state index is 5.65. The van der Waals surface area contributed by atoms with Crippen molar-refractivity contribution in [3.63, 3.8) is 0 Å². The summed E-state index contributed by atoms with van der Waals surface area (Å²) < 4.78 is 29.5. The summed E-state index contributed by atoms with van der Waals surface area (Å²) in [5, 5.41) is 8.33. The number of nitrogens with zero attached hydrogens (tertiary/aromatic N) is 3. The molecule has 0 radical (unpaired) electrons. The van der Waals surface area contributed by atoms with Crippen molar-refractivity contribution in [3.05, 3.63) is 36.5 Å². The Morgan fingerprint density at radius 3 is 2.14 bits per heavy atom. The number of methoxy groups -OCH3 is 4. The molecule has 8 nitrogen and oxygen atoms in total. The van der Waals surface area contributed by atoms with E-state index in [-0.39, 0.29) is 0 Å². The van der Waals surface area contributed by atoms with Crippen molar-refractivity contribution in [3.8, 4) is 45.7 Å². The molecule has 0 N–H and O–H groups in total. The second-order valence-electron chi connectivity index (χ2n) is 6.10. The van der Waals surface area contributed by atoms with Gasteiger partial charge in [0.1, 0.15) is 5.75 Å². The van der Waals surface area contributed by atoms with Crippen molar-refractivity contribution in [2.45, 2.75) is 13.3 Å². The molecule has 1 aromatic heterocycles. The summed E-state index contributed by atoms with van der Waals surface area (Å²) in [5.41, 5.74) is 2.25. The molecule has 0 aliphatic carbocycles. The number of ether oxygens (including phenoxy) is 5. The van der Waals surface area contributed by atoms with E-state index in [2.05, 4.69) is 17.2 Å². The predicted octanol–water partition coefficient (Wildman–Crippen LogP) is 3.76. The first-order valence-electron chi connectivity index (χ1n) is 9.19. The van der Waals surface area contributed by atoms with E-state index in [1.807, 2.05) is 30.3 Å². The lowest BCUT2D eigenvalue weighted by Crippen LogP contribution is -2.03. The Labute approximate surface area is 169 Å². The molecule has 0 fully saturated rings. The second-order valence-corrected chi connectivity index (χ2v) is 6.10. The summed E-state index contributed by atoms with van der Waals surface area (Å²) in [6, 6.07) is 9.47. The Morgan fingerprint density at radius 2 is 1.55 bits per heavy atom. The molecule has 2 aromatic carbocycles. The standard InChI is InChI=1S/C21H25N3O5/c1-6-11-29-15-9-7-14(8-10-15)24-17(13-22-23-24)16-12-18(25-2)20(27-4)21(28-5)19(16)26-3/h7-10,12-13H,6,11H2,1-5H3. The molecule has 3 rings (SSSR count). The highest BCUT2D eigenvalue weighted by Gasteiger charge is 2.24. The monoisotopic (exact) mass is 399 g/mol. The lowest BCUT2D eigenvalue weighted by molar-refractivity contribution is 0.306. The van der Waals surface area contributed by atoms with Gasteiger partial charge < -0.3 is 23.7 Å². The van der Waals surface area contributed by atoms with Crippen molar-refractivity contribution in [1.29, 1.82) is 0 Å². The first-order valence-corrected chi connectivity index (χ1v) is 9.19. The number of hydrogen-bond donors (Lipinski definition) is 0. The van der Waals surface area contributed by atoms with E-state index in [1.54, 1.807) is 39.3 Å². The first-order chi connectivity index (χ1) is 14.2. The van der Waals surface area contributed by atoms with Crippen molar-refractivity contribution in [2.75, 3.05) is 35.0 Å². The third-order valence-electron chi connectivity index (χ3n) is 4.37. The van der Waals surface area contributed by atoms with Crippen molar-refractivity contribution >= 4 is 0 Å². The molecule has 0 spiro atoms. The molecule has 0 unspecified atom stereocenters. The molecule has 3 aromatic rings. The minimum atomic E-state index is 0.431. The van der Waals surface area contributed by atoms with Crippen LogP contribution in [0.1, 0.15) is 13.3 Å². The van der Waals surface area contributed by atoms with E-state index in [0.29, 0.717) is 40.9 Å². The Balaban J connectivity index is 2.10. The topological polar surface area (TPSA) is 76.9 Å². The third kappa shape index (κ3) is 3.91. The normalized spacial score (nSPS) is 10.5. The molecular weight excluding hydrogens is 374 g/mol. The van der Waals surface area contributed by atoms with Crippen molar-refractivity contribution < 1.29 is 23.7 Å². The second kappa shape index (κ2) is 9.18. The third-order valence-corrected chi connectivity index (χ3v) is 4.37. The predicted molar refractivity (Wildman–Crippen MR) is 109 cm³/mol. The lowest BCUT2D eigenvalue weighted by atomic mass is 10.1. The summed E-state index contributed by atoms with van der Waals surface area (Å²) in [6.45, 7) is 2.75. The van der Waals surface area contributed by atoms with Crippen LogP contribution in [0, 0.1) is 0 Å². The molecule has 8 heteroatoms. The Kier molecular flexibility index (Phi) is 6.43. The molecule has 0 aliphatic heterocycles. The van der Waals surface area contributed by atoms with Gasteiger partial charge in [-0.25, -0.2) is 4.68 Å². The number of benzene rings is 2. The molecule has 29 heavy (non-hydrogen) atoms. The Bertz CT molecular complexity index is 954. The van der Waals surface area contributed by atoms with Crippen LogP contribution in [-0.4, -0.2) is 50.0 Å². The van der Waals surface area contributed by atoms with Gasteiger partial charge in [0.25, 0.3) is 0 Å². The van der Waals surface area contributed by atoms with Gasteiger partial charge in [-0.15, -0.1) is 5.10 Å². The Hall–Kier alpha value is -3.42. The average molecular weight is 399 g/mol. The van der Waals surface area contributed by atoms with E-state index in [0.717, 1.165) is 17.9 Å². The SMILES string of the molecule is CCCOc1ccc(-n2nncc2-c2cc(OC)c(OC)c(OC)c2OC)cc1. The van der Waals surface area contributed by atoms with Gasteiger partial charge in [0.05, 0.1) is 58.2 Å². The number of aromatic nitrogens is 3. The van der Waals surface area contributed by atoms with Gasteiger partial charge in [0, 0.05) is 0 Å². The molecule has 0 aliphatic rings. The zero-order valence-electron chi connectivity index (χ0n) is 17.3. The largest absolute Gasteiger partial charge is 0.494 e. The summed E-state index contributed by atoms with van der Waals surface area (Å²) in [6.07, 6.45) is 2.61. The maximum absolute atomic E-state index is 5.65. The summed E-state index contributed by atoms with van der Waals surface area (Å²) >= 11 is 0. The molecule has 0 atom stereocenters. The van der Waals surface area contributed by atoms with Gasteiger partial charge >= 0.3 is 0 Å². The van der Waals surface area contributed by atoms with Crippen LogP contribution in [0.25, 0.3) is 16.9 Å². The van der Waals surface area contributed by atoms with Crippen LogP contribution in [0.2, 0.25) is 0 Å². The molecule has 0 saturated heterocycles. The van der Waals surface area contributed by atoms with Gasteiger partial charge in [0.2, 0.25) is 11.5 Å². The molecule has 0 amide bonds. The van der Waals surface area contributed by atoms with Crippen LogP contribution in [0.3, 0.4) is 0 Å². The maximum Gasteiger partial charge on any atom is 0.207 e. The van der Waals surface area contributed by atoms with E-state index in [4.69, 9.17) is 23.7 Å². The number of rotatable bonds is 9. The highest BCUT2D eigenvalue weighted by Crippen LogP contribution is 2.50. The van der Waals surface area contributed by atoms with Crippen LogP contribution in [0.4, 0.5) is 0 Å². The zero-order chi connectivity index (χ0) is 20.8. The lowest BCUT2D eigenvalue weighted by Gasteiger charge is -2.19. The van der Waals surface area contributed by atoms with Crippen molar-refractivity contribution in [2.24, 2.45) is 0 Å². The van der Waals surface area contributed by atoms with Crippen LogP contribution < -0.4 is 23.7 Å². The molecule has 154 valence electrons. The van der Waals surface area contributed by atoms with Crippen LogP contribution >= 0.6 is 0 Å². The van der Waals surface area contributed by atoms with E-state index >= 15 is 0 Å². The fraction of sp³-hybridized carbons (Fsp3) is 0.333. The van der Waals surface area contributed by atoms with Crippen molar-refractivity contribution in [1.82, 2.24) is 15.0 Å².